The number of anilines is 1. The lowest BCUT2D eigenvalue weighted by atomic mass is 9.77. The summed E-state index contributed by atoms with van der Waals surface area (Å²) < 4.78 is 39.5. The maximum absolute atomic E-state index is 13.4. The topological polar surface area (TPSA) is 63.4 Å². The van der Waals surface area contributed by atoms with E-state index in [4.69, 9.17) is 5.73 Å². The molecule has 0 radical (unpaired) electrons. The second-order valence-corrected chi connectivity index (χ2v) is 7.14. The first-order chi connectivity index (χ1) is 13.1. The molecular weight excluding hydrogens is 369 g/mol. The van der Waals surface area contributed by atoms with Crippen molar-refractivity contribution in [3.63, 3.8) is 0 Å². The number of halogens is 3. The Kier molecular flexibility index (Phi) is 5.19. The number of alkyl halides is 3. The number of nitrogens with two attached hydrogens (primary N) is 1. The highest BCUT2D eigenvalue weighted by Crippen LogP contribution is 2.44. The lowest BCUT2D eigenvalue weighted by molar-refractivity contribution is -0.137. The molecule has 0 atom stereocenters. The fourth-order valence-electron chi connectivity index (χ4n) is 3.89. The quantitative estimate of drug-likeness (QED) is 0.847. The van der Waals surface area contributed by atoms with Gasteiger partial charge in [-0.05, 0) is 48.7 Å². The molecule has 0 unspecified atom stereocenters. The van der Waals surface area contributed by atoms with Crippen molar-refractivity contribution < 1.29 is 22.8 Å². The molecule has 0 bridgehead atoms. The molecule has 2 aromatic carbocycles. The Bertz CT molecular complexity index is 885. The van der Waals surface area contributed by atoms with E-state index in [0.717, 1.165) is 25.0 Å². The normalized spacial score (nSPS) is 16.0. The summed E-state index contributed by atoms with van der Waals surface area (Å²) in [5.74, 6) is -0.826. The van der Waals surface area contributed by atoms with Gasteiger partial charge in [-0.3, -0.25) is 9.59 Å². The van der Waals surface area contributed by atoms with E-state index in [-0.39, 0.29) is 5.91 Å². The highest BCUT2D eigenvalue weighted by molar-refractivity contribution is 6.01. The van der Waals surface area contributed by atoms with E-state index in [2.05, 4.69) is 0 Å². The first-order valence-corrected chi connectivity index (χ1v) is 9.01. The minimum Gasteiger partial charge on any atom is -0.366 e. The average molecular weight is 390 g/mol. The van der Waals surface area contributed by atoms with Crippen molar-refractivity contribution in [1.29, 1.82) is 0 Å². The molecule has 1 aliphatic rings. The number of benzene rings is 2. The molecule has 3 rings (SSSR count). The maximum atomic E-state index is 13.4. The smallest absolute Gasteiger partial charge is 0.366 e. The molecule has 148 valence electrons. The summed E-state index contributed by atoms with van der Waals surface area (Å²) in [6, 6.07) is 11.3. The lowest BCUT2D eigenvalue weighted by Crippen LogP contribution is -2.44. The van der Waals surface area contributed by atoms with Gasteiger partial charge in [0.2, 0.25) is 11.8 Å². The van der Waals surface area contributed by atoms with Gasteiger partial charge in [0.15, 0.2) is 0 Å². The number of rotatable bonds is 4. The van der Waals surface area contributed by atoms with Crippen LogP contribution in [0.25, 0.3) is 0 Å². The van der Waals surface area contributed by atoms with Gasteiger partial charge in [-0.15, -0.1) is 0 Å². The summed E-state index contributed by atoms with van der Waals surface area (Å²) in [6.45, 7) is 0. The van der Waals surface area contributed by atoms with E-state index in [0.29, 0.717) is 29.7 Å². The molecule has 0 aliphatic heterocycles. The SMILES string of the molecule is CN(C(=O)C1(c2cccc(C(F)(F)F)c2)CCCC1)c1ccc(C(N)=O)cc1. The molecule has 2 aromatic rings. The Morgan fingerprint density at radius 1 is 1.04 bits per heavy atom. The average Bonchev–Trinajstić information content (AvgIpc) is 3.17. The minimum absolute atomic E-state index is 0.254. The second-order valence-electron chi connectivity index (χ2n) is 7.14. The summed E-state index contributed by atoms with van der Waals surface area (Å²) >= 11 is 0. The van der Waals surface area contributed by atoms with Crippen molar-refractivity contribution in [3.8, 4) is 0 Å². The maximum Gasteiger partial charge on any atom is 0.416 e. The minimum atomic E-state index is -4.46. The summed E-state index contributed by atoms with van der Waals surface area (Å²) in [5.41, 5.74) is 4.76. The van der Waals surface area contributed by atoms with Crippen molar-refractivity contribution in [2.75, 3.05) is 11.9 Å². The monoisotopic (exact) mass is 390 g/mol. The van der Waals surface area contributed by atoms with Gasteiger partial charge in [-0.2, -0.15) is 13.2 Å². The molecule has 4 nitrogen and oxygen atoms in total. The first-order valence-electron chi connectivity index (χ1n) is 9.01. The highest BCUT2D eigenvalue weighted by atomic mass is 19.4. The predicted molar refractivity (Wildman–Crippen MR) is 100.0 cm³/mol. The molecule has 0 heterocycles. The van der Waals surface area contributed by atoms with E-state index in [1.54, 1.807) is 25.2 Å². The van der Waals surface area contributed by atoms with Gasteiger partial charge in [0.25, 0.3) is 0 Å². The number of carbonyl (C=O) groups is 2. The van der Waals surface area contributed by atoms with Crippen LogP contribution in [-0.4, -0.2) is 18.9 Å². The molecular formula is C21H21F3N2O2. The van der Waals surface area contributed by atoms with Crippen molar-refractivity contribution in [2.45, 2.75) is 37.3 Å². The van der Waals surface area contributed by atoms with Crippen LogP contribution in [0.1, 0.15) is 47.2 Å². The molecule has 7 heteroatoms. The Balaban J connectivity index is 1.97. The Morgan fingerprint density at radius 3 is 2.18 bits per heavy atom. The van der Waals surface area contributed by atoms with Crippen molar-refractivity contribution >= 4 is 17.5 Å². The molecule has 28 heavy (non-hydrogen) atoms. The van der Waals surface area contributed by atoms with Crippen LogP contribution < -0.4 is 10.6 Å². The van der Waals surface area contributed by atoms with Gasteiger partial charge in [-0.1, -0.05) is 31.0 Å². The molecule has 0 aromatic heterocycles. The van der Waals surface area contributed by atoms with Gasteiger partial charge in [0.1, 0.15) is 0 Å². The second kappa shape index (κ2) is 7.30. The Hall–Kier alpha value is -2.83. The molecule has 1 saturated carbocycles. The van der Waals surface area contributed by atoms with E-state index in [1.165, 1.54) is 23.1 Å². The van der Waals surface area contributed by atoms with Crippen LogP contribution in [0.3, 0.4) is 0 Å². The molecule has 1 aliphatic carbocycles. The zero-order valence-electron chi connectivity index (χ0n) is 15.4. The van der Waals surface area contributed by atoms with E-state index in [1.807, 2.05) is 0 Å². The van der Waals surface area contributed by atoms with Gasteiger partial charge in [0.05, 0.1) is 11.0 Å². The van der Waals surface area contributed by atoms with Crippen molar-refractivity contribution in [3.05, 3.63) is 65.2 Å². The van der Waals surface area contributed by atoms with Gasteiger partial charge in [0, 0.05) is 18.3 Å². The molecule has 0 saturated heterocycles. The van der Waals surface area contributed by atoms with Crippen LogP contribution in [0.2, 0.25) is 0 Å². The van der Waals surface area contributed by atoms with Gasteiger partial charge in [-0.25, -0.2) is 0 Å². The third kappa shape index (κ3) is 3.61. The summed E-state index contributed by atoms with van der Waals surface area (Å²) in [5, 5.41) is 0. The Morgan fingerprint density at radius 2 is 1.64 bits per heavy atom. The number of amides is 2. The first kappa shape index (κ1) is 19.9. The van der Waals surface area contributed by atoms with Crippen LogP contribution in [0.15, 0.2) is 48.5 Å². The third-order valence-electron chi connectivity index (χ3n) is 5.45. The largest absolute Gasteiger partial charge is 0.416 e. The Labute approximate surface area is 161 Å². The van der Waals surface area contributed by atoms with Crippen LogP contribution >= 0.6 is 0 Å². The molecule has 2 amide bonds. The zero-order chi connectivity index (χ0) is 20.5. The molecule has 2 N–H and O–H groups in total. The van der Waals surface area contributed by atoms with Crippen molar-refractivity contribution in [2.24, 2.45) is 5.73 Å². The van der Waals surface area contributed by atoms with Gasteiger partial charge >= 0.3 is 6.18 Å². The van der Waals surface area contributed by atoms with E-state index < -0.39 is 23.1 Å². The van der Waals surface area contributed by atoms with E-state index in [9.17, 15) is 22.8 Å². The standard InChI is InChI=1S/C21H21F3N2O2/c1-26(17-9-7-14(8-10-17)18(25)27)19(28)20(11-2-3-12-20)15-5-4-6-16(13-15)21(22,23)24/h4-10,13H,2-3,11-12H2,1H3,(H2,25,27). The third-order valence-corrected chi connectivity index (χ3v) is 5.45. The number of carbonyl (C=O) groups excluding carboxylic acids is 2. The molecule has 1 fully saturated rings. The van der Waals surface area contributed by atoms with Crippen molar-refractivity contribution in [1.82, 2.24) is 0 Å². The van der Waals surface area contributed by atoms with Crippen LogP contribution in [0.4, 0.5) is 18.9 Å². The fourth-order valence-corrected chi connectivity index (χ4v) is 3.89. The zero-order valence-corrected chi connectivity index (χ0v) is 15.4. The highest BCUT2D eigenvalue weighted by Gasteiger charge is 2.45. The number of nitrogens with zero attached hydrogens (tertiary/aromatic N) is 1. The lowest BCUT2D eigenvalue weighted by Gasteiger charge is -2.33. The van der Waals surface area contributed by atoms with Crippen LogP contribution in [0.5, 0.6) is 0 Å². The number of hydrogen-bond donors (Lipinski definition) is 1. The summed E-state index contributed by atoms with van der Waals surface area (Å²) in [7, 11) is 1.59. The summed E-state index contributed by atoms with van der Waals surface area (Å²) in [6.07, 6.45) is -1.92. The van der Waals surface area contributed by atoms with Gasteiger partial charge < -0.3 is 10.6 Å². The number of likely N-dealkylation sites (N-methyl/N-ethyl adjacent to an activating group) is 1. The fraction of sp³-hybridized carbons (Fsp3) is 0.333. The number of primary amides is 1. The van der Waals surface area contributed by atoms with Crippen LogP contribution in [-0.2, 0) is 16.4 Å². The number of hydrogen-bond acceptors (Lipinski definition) is 2. The summed E-state index contributed by atoms with van der Waals surface area (Å²) in [4.78, 5) is 26.1. The van der Waals surface area contributed by atoms with Crippen LogP contribution in [0, 0.1) is 0 Å². The molecule has 0 spiro atoms. The predicted octanol–water partition coefficient (Wildman–Crippen LogP) is 4.28. The van der Waals surface area contributed by atoms with E-state index >= 15 is 0 Å².